The van der Waals surface area contributed by atoms with Crippen molar-refractivity contribution in [2.75, 3.05) is 0 Å². The molecule has 0 aromatic rings. The molecule has 98 valence electrons. The monoisotopic (exact) mass is 240 g/mol. The van der Waals surface area contributed by atoms with E-state index in [1.807, 2.05) is 41.5 Å². The SMILES string of the molecule is CC(C)(C)OC(=O)[C@]1(C)CCC(C=O)C1(C)C. The summed E-state index contributed by atoms with van der Waals surface area (Å²) in [6, 6.07) is 0. The summed E-state index contributed by atoms with van der Waals surface area (Å²) in [6.45, 7) is 11.5. The third-order valence-electron chi connectivity index (χ3n) is 4.32. The predicted octanol–water partition coefficient (Wildman–Crippen LogP) is 2.97. The highest BCUT2D eigenvalue weighted by Gasteiger charge is 2.57. The van der Waals surface area contributed by atoms with Gasteiger partial charge < -0.3 is 9.53 Å². The Bertz CT molecular complexity index is 325. The minimum atomic E-state index is -0.564. The zero-order valence-corrected chi connectivity index (χ0v) is 11.8. The van der Waals surface area contributed by atoms with Crippen LogP contribution in [0.15, 0.2) is 0 Å². The highest BCUT2D eigenvalue weighted by molar-refractivity contribution is 5.79. The number of esters is 1. The molecule has 0 aliphatic heterocycles. The van der Waals surface area contributed by atoms with E-state index in [1.54, 1.807) is 0 Å². The lowest BCUT2D eigenvalue weighted by Crippen LogP contribution is -2.44. The molecule has 17 heavy (non-hydrogen) atoms. The molecule has 0 spiro atoms. The van der Waals surface area contributed by atoms with Gasteiger partial charge in [0.2, 0.25) is 0 Å². The molecule has 1 unspecified atom stereocenters. The summed E-state index contributed by atoms with van der Waals surface area (Å²) >= 11 is 0. The van der Waals surface area contributed by atoms with Crippen LogP contribution in [0.25, 0.3) is 0 Å². The van der Waals surface area contributed by atoms with Gasteiger partial charge in [0, 0.05) is 5.92 Å². The molecule has 0 aromatic heterocycles. The highest BCUT2D eigenvalue weighted by atomic mass is 16.6. The van der Waals surface area contributed by atoms with Crippen molar-refractivity contribution < 1.29 is 14.3 Å². The Hall–Kier alpha value is -0.860. The number of carbonyl (C=O) groups is 2. The van der Waals surface area contributed by atoms with E-state index in [-0.39, 0.29) is 17.3 Å². The van der Waals surface area contributed by atoms with E-state index in [9.17, 15) is 9.59 Å². The second-order valence-electron chi connectivity index (χ2n) is 6.84. The standard InChI is InChI=1S/C14H24O3/c1-12(2,3)17-11(16)14(6)8-7-10(9-15)13(14,4)5/h9-10H,7-8H2,1-6H3/t10?,14-/m0/s1. The number of rotatable bonds is 2. The second kappa shape index (κ2) is 4.11. The Balaban J connectivity index is 2.96. The first-order valence-electron chi connectivity index (χ1n) is 6.23. The first-order valence-corrected chi connectivity index (χ1v) is 6.23. The molecular formula is C14H24O3. The Morgan fingerprint density at radius 1 is 1.29 bits per heavy atom. The minimum absolute atomic E-state index is 0.0555. The second-order valence-corrected chi connectivity index (χ2v) is 6.84. The van der Waals surface area contributed by atoms with Gasteiger partial charge in [-0.05, 0) is 46.0 Å². The molecule has 1 rings (SSSR count). The van der Waals surface area contributed by atoms with Crippen LogP contribution in [-0.2, 0) is 14.3 Å². The van der Waals surface area contributed by atoms with Crippen molar-refractivity contribution in [2.24, 2.45) is 16.7 Å². The van der Waals surface area contributed by atoms with Gasteiger partial charge in [0.05, 0.1) is 5.41 Å². The van der Waals surface area contributed by atoms with Crippen molar-refractivity contribution in [3.8, 4) is 0 Å². The van der Waals surface area contributed by atoms with E-state index in [4.69, 9.17) is 4.74 Å². The third-order valence-corrected chi connectivity index (χ3v) is 4.32. The third kappa shape index (κ3) is 2.38. The van der Waals surface area contributed by atoms with E-state index < -0.39 is 11.0 Å². The van der Waals surface area contributed by atoms with Crippen molar-refractivity contribution >= 4 is 12.3 Å². The van der Waals surface area contributed by atoms with Crippen molar-refractivity contribution in [1.82, 2.24) is 0 Å². The van der Waals surface area contributed by atoms with Crippen LogP contribution in [-0.4, -0.2) is 17.9 Å². The molecule has 0 heterocycles. The van der Waals surface area contributed by atoms with E-state index in [2.05, 4.69) is 0 Å². The van der Waals surface area contributed by atoms with E-state index in [1.165, 1.54) is 0 Å². The fourth-order valence-corrected chi connectivity index (χ4v) is 2.53. The van der Waals surface area contributed by atoms with Crippen LogP contribution in [0.2, 0.25) is 0 Å². The molecule has 0 saturated heterocycles. The van der Waals surface area contributed by atoms with Gasteiger partial charge in [0.15, 0.2) is 0 Å². The van der Waals surface area contributed by atoms with Gasteiger partial charge in [0.1, 0.15) is 11.9 Å². The van der Waals surface area contributed by atoms with Crippen molar-refractivity contribution in [3.63, 3.8) is 0 Å². The zero-order chi connectivity index (χ0) is 13.5. The van der Waals surface area contributed by atoms with Crippen molar-refractivity contribution in [3.05, 3.63) is 0 Å². The van der Waals surface area contributed by atoms with E-state index in [0.29, 0.717) is 0 Å². The van der Waals surface area contributed by atoms with Crippen LogP contribution in [0.4, 0.5) is 0 Å². The quantitative estimate of drug-likeness (QED) is 0.550. The molecule has 0 N–H and O–H groups in total. The van der Waals surface area contributed by atoms with Crippen LogP contribution in [0.1, 0.15) is 54.4 Å². The molecule has 2 atom stereocenters. The first kappa shape index (κ1) is 14.2. The lowest BCUT2D eigenvalue weighted by Gasteiger charge is -2.39. The highest BCUT2D eigenvalue weighted by Crippen LogP contribution is 2.56. The summed E-state index contributed by atoms with van der Waals surface area (Å²) in [5, 5.41) is 0. The van der Waals surface area contributed by atoms with E-state index in [0.717, 1.165) is 19.1 Å². The normalized spacial score (nSPS) is 32.2. The molecule has 0 bridgehead atoms. The molecule has 3 heteroatoms. The zero-order valence-electron chi connectivity index (χ0n) is 11.8. The molecular weight excluding hydrogens is 216 g/mol. The molecule has 0 aromatic carbocycles. The average Bonchev–Trinajstić information content (AvgIpc) is 2.36. The summed E-state index contributed by atoms with van der Waals surface area (Å²) in [5.41, 5.74) is -1.38. The van der Waals surface area contributed by atoms with Crippen molar-refractivity contribution in [1.29, 1.82) is 0 Å². The molecule has 3 nitrogen and oxygen atoms in total. The van der Waals surface area contributed by atoms with Gasteiger partial charge in [0.25, 0.3) is 0 Å². The predicted molar refractivity (Wildman–Crippen MR) is 66.5 cm³/mol. The first-order chi connectivity index (χ1) is 7.54. The molecule has 1 aliphatic carbocycles. The Labute approximate surface area is 104 Å². The summed E-state index contributed by atoms with van der Waals surface area (Å²) < 4.78 is 5.50. The molecule has 1 fully saturated rings. The van der Waals surface area contributed by atoms with E-state index >= 15 is 0 Å². The summed E-state index contributed by atoms with van der Waals surface area (Å²) in [6.07, 6.45) is 2.47. The number of hydrogen-bond donors (Lipinski definition) is 0. The maximum absolute atomic E-state index is 12.3. The van der Waals surface area contributed by atoms with Gasteiger partial charge in [-0.2, -0.15) is 0 Å². The lowest BCUT2D eigenvalue weighted by atomic mass is 9.66. The van der Waals surface area contributed by atoms with Crippen LogP contribution in [0.3, 0.4) is 0 Å². The largest absolute Gasteiger partial charge is 0.460 e. The molecule has 0 amide bonds. The van der Waals surface area contributed by atoms with Gasteiger partial charge in [-0.3, -0.25) is 4.79 Å². The maximum Gasteiger partial charge on any atom is 0.312 e. The topological polar surface area (TPSA) is 43.4 Å². The number of hydrogen-bond acceptors (Lipinski definition) is 3. The number of aldehydes is 1. The van der Waals surface area contributed by atoms with Crippen LogP contribution in [0.5, 0.6) is 0 Å². The summed E-state index contributed by atoms with van der Waals surface area (Å²) in [4.78, 5) is 23.4. The van der Waals surface area contributed by atoms with Crippen molar-refractivity contribution in [2.45, 2.75) is 60.0 Å². The fourth-order valence-electron chi connectivity index (χ4n) is 2.53. The van der Waals surface area contributed by atoms with Crippen LogP contribution in [0, 0.1) is 16.7 Å². The Morgan fingerprint density at radius 2 is 1.82 bits per heavy atom. The van der Waals surface area contributed by atoms with Crippen LogP contribution < -0.4 is 0 Å². The number of carbonyl (C=O) groups excluding carboxylic acids is 2. The lowest BCUT2D eigenvalue weighted by molar-refractivity contribution is -0.173. The fraction of sp³-hybridized carbons (Fsp3) is 0.857. The molecule has 1 saturated carbocycles. The minimum Gasteiger partial charge on any atom is -0.460 e. The van der Waals surface area contributed by atoms with Gasteiger partial charge in [-0.1, -0.05) is 13.8 Å². The smallest absolute Gasteiger partial charge is 0.312 e. The Kier molecular flexibility index (Phi) is 3.43. The van der Waals surface area contributed by atoms with Gasteiger partial charge in [-0.25, -0.2) is 0 Å². The van der Waals surface area contributed by atoms with Gasteiger partial charge >= 0.3 is 5.97 Å². The summed E-state index contributed by atoms with van der Waals surface area (Å²) in [7, 11) is 0. The maximum atomic E-state index is 12.3. The summed E-state index contributed by atoms with van der Waals surface area (Å²) in [5.74, 6) is -0.237. The van der Waals surface area contributed by atoms with Crippen LogP contribution >= 0.6 is 0 Å². The number of ether oxygens (including phenoxy) is 1. The van der Waals surface area contributed by atoms with Gasteiger partial charge in [-0.15, -0.1) is 0 Å². The molecule has 1 aliphatic rings. The molecule has 0 radical (unpaired) electrons. The average molecular weight is 240 g/mol. The Morgan fingerprint density at radius 3 is 2.18 bits per heavy atom.